The molecule has 4 aromatic rings. The van der Waals surface area contributed by atoms with Crippen molar-refractivity contribution in [3.05, 3.63) is 88.7 Å². The highest BCUT2D eigenvalue weighted by atomic mass is 31.1. The highest BCUT2D eigenvalue weighted by Gasteiger charge is 2.24. The molecule has 0 saturated carbocycles. The van der Waals surface area contributed by atoms with E-state index >= 15 is 0 Å². The van der Waals surface area contributed by atoms with E-state index in [9.17, 15) is 8.78 Å². The number of nitrogens with zero attached hydrogens (tertiary/aromatic N) is 3. The van der Waals surface area contributed by atoms with E-state index < -0.39 is 14.3 Å². The van der Waals surface area contributed by atoms with Gasteiger partial charge in [-0.25, -0.2) is 18.7 Å². The Balaban J connectivity index is 1.39. The van der Waals surface area contributed by atoms with Crippen LogP contribution >= 0.6 is 7.92 Å². The van der Waals surface area contributed by atoms with E-state index in [1.165, 1.54) is 16.9 Å². The number of fused-ring (bicyclic) bond motifs is 1. The molecule has 198 valence electrons. The van der Waals surface area contributed by atoms with Gasteiger partial charge in [-0.15, -0.1) is 0 Å². The molecule has 0 unspecified atom stereocenters. The monoisotopic (exact) mass is 534 g/mol. The van der Waals surface area contributed by atoms with Crippen molar-refractivity contribution in [3.8, 4) is 5.75 Å². The largest absolute Gasteiger partial charge is 0.496 e. The van der Waals surface area contributed by atoms with Gasteiger partial charge in [-0.05, 0) is 48.9 Å². The third kappa shape index (κ3) is 5.79. The van der Waals surface area contributed by atoms with Crippen molar-refractivity contribution in [2.24, 2.45) is 0 Å². The summed E-state index contributed by atoms with van der Waals surface area (Å²) in [6.07, 6.45) is -0.272. The van der Waals surface area contributed by atoms with E-state index in [1.807, 2.05) is 19.1 Å². The summed E-state index contributed by atoms with van der Waals surface area (Å²) in [6, 6.07) is 19.9. The van der Waals surface area contributed by atoms with Gasteiger partial charge >= 0.3 is 0 Å². The number of halogens is 2. The number of rotatable bonds is 8. The summed E-state index contributed by atoms with van der Waals surface area (Å²) in [5.41, 5.74) is 3.67. The topological polar surface area (TPSA) is 50.3 Å². The van der Waals surface area contributed by atoms with Gasteiger partial charge in [-0.3, -0.25) is 4.90 Å². The van der Waals surface area contributed by atoms with Gasteiger partial charge in [0.05, 0.1) is 12.6 Å². The number of benzene rings is 3. The lowest BCUT2D eigenvalue weighted by Gasteiger charge is -2.33. The summed E-state index contributed by atoms with van der Waals surface area (Å²) in [6.45, 7) is 7.10. The maximum atomic E-state index is 13.4. The van der Waals surface area contributed by atoms with Crippen molar-refractivity contribution in [1.29, 1.82) is 0 Å². The zero-order chi connectivity index (χ0) is 26.6. The van der Waals surface area contributed by atoms with Crippen LogP contribution in [0.2, 0.25) is 0 Å². The van der Waals surface area contributed by atoms with Gasteiger partial charge in [0.2, 0.25) is 0 Å². The highest BCUT2D eigenvalue weighted by molar-refractivity contribution is 7.66. The number of methoxy groups -OCH3 is 1. The molecular weight excluding hydrogens is 501 g/mol. The van der Waals surface area contributed by atoms with Gasteiger partial charge in [0.15, 0.2) is 0 Å². The molecule has 1 fully saturated rings. The fourth-order valence-electron chi connectivity index (χ4n) is 5.11. The van der Waals surface area contributed by atoms with E-state index in [0.717, 1.165) is 60.0 Å². The molecule has 5 nitrogen and oxygen atoms in total. The second-order valence-corrected chi connectivity index (χ2v) is 12.2. The second kappa shape index (κ2) is 11.7. The Morgan fingerprint density at radius 2 is 1.76 bits per heavy atom. The predicted molar refractivity (Wildman–Crippen MR) is 152 cm³/mol. The van der Waals surface area contributed by atoms with Crippen LogP contribution in [0.5, 0.6) is 5.75 Å². The Morgan fingerprint density at radius 1 is 1.00 bits per heavy atom. The Labute approximate surface area is 224 Å². The lowest BCUT2D eigenvalue weighted by molar-refractivity contribution is 0.150. The van der Waals surface area contributed by atoms with Gasteiger partial charge in [-0.1, -0.05) is 56.5 Å². The summed E-state index contributed by atoms with van der Waals surface area (Å²) < 4.78 is 32.6. The lowest BCUT2D eigenvalue weighted by atomic mass is 10.0. The first-order chi connectivity index (χ1) is 18.4. The zero-order valence-corrected chi connectivity index (χ0v) is 22.9. The minimum Gasteiger partial charge on any atom is -0.496 e. The molecule has 1 saturated heterocycles. The van der Waals surface area contributed by atoms with E-state index in [0.29, 0.717) is 17.9 Å². The first-order valence-electron chi connectivity index (χ1n) is 12.9. The fraction of sp³-hybridized carbons (Fsp3) is 0.333. The molecule has 0 atom stereocenters. The van der Waals surface area contributed by atoms with E-state index in [-0.39, 0.29) is 5.56 Å². The third-order valence-corrected chi connectivity index (χ3v) is 9.75. The molecular formula is C30H33F2N4OP. The number of nitrogens with one attached hydrogen (secondary N) is 1. The smallest absolute Gasteiger partial charge is 0.264 e. The van der Waals surface area contributed by atoms with Crippen LogP contribution in [0.25, 0.3) is 10.9 Å². The van der Waals surface area contributed by atoms with E-state index in [2.05, 4.69) is 51.6 Å². The molecule has 1 aromatic heterocycles. The van der Waals surface area contributed by atoms with Crippen LogP contribution in [-0.4, -0.2) is 47.4 Å². The minimum absolute atomic E-state index is 0.0708. The fourth-order valence-corrected chi connectivity index (χ4v) is 7.64. The quantitative estimate of drug-likeness (QED) is 0.264. The van der Waals surface area contributed by atoms with Crippen molar-refractivity contribution < 1.29 is 13.5 Å². The van der Waals surface area contributed by atoms with E-state index in [1.54, 1.807) is 20.1 Å². The van der Waals surface area contributed by atoms with Crippen molar-refractivity contribution in [2.75, 3.05) is 37.8 Å². The average molecular weight is 535 g/mol. The van der Waals surface area contributed by atoms with Crippen LogP contribution < -0.4 is 15.4 Å². The van der Waals surface area contributed by atoms with Gasteiger partial charge in [0.25, 0.3) is 6.43 Å². The molecule has 1 N–H and O–H groups in total. The SMILES string of the molecule is COc1cc2nc(C)nc(NCc3cccc(C(F)F)c3C)c2cc1P1CCN(Cc2ccccc2)CC1. The van der Waals surface area contributed by atoms with Crippen LogP contribution in [0, 0.1) is 13.8 Å². The van der Waals surface area contributed by atoms with Crippen molar-refractivity contribution in [1.82, 2.24) is 14.9 Å². The third-order valence-electron chi connectivity index (χ3n) is 7.24. The van der Waals surface area contributed by atoms with Crippen LogP contribution in [0.4, 0.5) is 14.6 Å². The molecule has 1 aliphatic rings. The van der Waals surface area contributed by atoms with E-state index in [4.69, 9.17) is 9.72 Å². The van der Waals surface area contributed by atoms with Gasteiger partial charge in [0.1, 0.15) is 17.4 Å². The number of hydrogen-bond donors (Lipinski definition) is 1. The van der Waals surface area contributed by atoms with Gasteiger partial charge in [0, 0.05) is 48.5 Å². The highest BCUT2D eigenvalue weighted by Crippen LogP contribution is 2.42. The lowest BCUT2D eigenvalue weighted by Crippen LogP contribution is -2.35. The van der Waals surface area contributed by atoms with Crippen LogP contribution in [-0.2, 0) is 13.1 Å². The van der Waals surface area contributed by atoms with Crippen molar-refractivity contribution in [2.45, 2.75) is 33.4 Å². The minimum atomic E-state index is -2.49. The number of aromatic nitrogens is 2. The molecule has 5 rings (SSSR count). The molecule has 0 bridgehead atoms. The summed E-state index contributed by atoms with van der Waals surface area (Å²) >= 11 is 0. The van der Waals surface area contributed by atoms with Gasteiger partial charge in [-0.2, -0.15) is 0 Å². The zero-order valence-electron chi connectivity index (χ0n) is 22.0. The normalized spacial score (nSPS) is 14.8. The summed E-state index contributed by atoms with van der Waals surface area (Å²) in [5.74, 6) is 2.24. The Hall–Kier alpha value is -3.15. The maximum absolute atomic E-state index is 13.4. The molecule has 0 spiro atoms. The van der Waals surface area contributed by atoms with Crippen LogP contribution in [0.3, 0.4) is 0 Å². The average Bonchev–Trinajstić information content (AvgIpc) is 2.92. The number of anilines is 1. The number of alkyl halides is 2. The number of aryl methyl sites for hydroxylation is 1. The first kappa shape index (κ1) is 26.5. The van der Waals surface area contributed by atoms with Gasteiger partial charge < -0.3 is 10.1 Å². The Morgan fingerprint density at radius 3 is 2.47 bits per heavy atom. The second-order valence-electron chi connectivity index (χ2n) is 9.70. The molecule has 0 amide bonds. The Kier molecular flexibility index (Phi) is 8.15. The molecule has 2 heterocycles. The molecule has 38 heavy (non-hydrogen) atoms. The summed E-state index contributed by atoms with van der Waals surface area (Å²) in [5, 5.41) is 5.59. The van der Waals surface area contributed by atoms with Crippen molar-refractivity contribution in [3.63, 3.8) is 0 Å². The summed E-state index contributed by atoms with van der Waals surface area (Å²) in [4.78, 5) is 11.9. The number of ether oxygens (including phenoxy) is 1. The first-order valence-corrected chi connectivity index (χ1v) is 14.6. The molecule has 8 heteroatoms. The Bertz CT molecular complexity index is 1410. The molecule has 0 radical (unpaired) electrons. The van der Waals surface area contributed by atoms with Crippen molar-refractivity contribution >= 4 is 29.9 Å². The van der Waals surface area contributed by atoms with Crippen LogP contribution in [0.15, 0.2) is 60.7 Å². The predicted octanol–water partition coefficient (Wildman–Crippen LogP) is 6.43. The maximum Gasteiger partial charge on any atom is 0.264 e. The molecule has 0 aliphatic carbocycles. The number of hydrogen-bond acceptors (Lipinski definition) is 5. The standard InChI is InChI=1S/C30H33F2N4OP/c1-20-23(10-7-11-24(20)29(31)32)18-33-30-25-16-28(27(37-3)17-26(25)34-21(2)35-30)38-14-12-36(13-15-38)19-22-8-5-4-6-9-22/h4-11,16-17,29H,12-15,18-19H2,1-3H3,(H,33,34,35). The molecule has 1 aliphatic heterocycles. The van der Waals surface area contributed by atoms with Crippen LogP contribution in [0.1, 0.15) is 34.5 Å². The molecule has 3 aromatic carbocycles. The summed E-state index contributed by atoms with van der Waals surface area (Å²) in [7, 11) is 1.33.